The summed E-state index contributed by atoms with van der Waals surface area (Å²) >= 11 is 0. The number of aliphatic carboxylic acids is 1. The summed E-state index contributed by atoms with van der Waals surface area (Å²) in [5.41, 5.74) is 0. The maximum Gasteiger partial charge on any atom is 0.306 e. The van der Waals surface area contributed by atoms with Crippen molar-refractivity contribution in [1.29, 1.82) is 0 Å². The summed E-state index contributed by atoms with van der Waals surface area (Å²) in [5.74, 6) is -0.485. The molecule has 1 N–H and O–H groups in total. The third-order valence-electron chi connectivity index (χ3n) is 3.58. The van der Waals surface area contributed by atoms with Gasteiger partial charge < -0.3 is 9.84 Å². The second-order valence-corrected chi connectivity index (χ2v) is 4.44. The van der Waals surface area contributed by atoms with Crippen LogP contribution in [0.15, 0.2) is 0 Å². The molecule has 0 aromatic carbocycles. The van der Waals surface area contributed by atoms with Crippen molar-refractivity contribution in [3.05, 3.63) is 0 Å². The Morgan fingerprint density at radius 2 is 1.93 bits per heavy atom. The van der Waals surface area contributed by atoms with E-state index in [1.54, 1.807) is 0 Å². The summed E-state index contributed by atoms with van der Waals surface area (Å²) in [4.78, 5) is 11.1. The van der Waals surface area contributed by atoms with Gasteiger partial charge in [-0.2, -0.15) is 0 Å². The van der Waals surface area contributed by atoms with Crippen molar-refractivity contribution in [3.63, 3.8) is 0 Å². The zero-order chi connectivity index (χ0) is 9.97. The molecule has 3 atom stereocenters. The molecule has 0 aromatic rings. The van der Waals surface area contributed by atoms with Gasteiger partial charge in [-0.05, 0) is 31.6 Å². The van der Waals surface area contributed by atoms with Crippen molar-refractivity contribution in [2.24, 2.45) is 11.8 Å². The number of ether oxygens (including phenoxy) is 1. The molecular weight excluding hydrogens is 180 g/mol. The van der Waals surface area contributed by atoms with E-state index < -0.39 is 5.97 Å². The van der Waals surface area contributed by atoms with Crippen LogP contribution in [0.4, 0.5) is 0 Å². The average Bonchev–Trinajstić information content (AvgIpc) is 2.70. The maximum absolute atomic E-state index is 11.1. The van der Waals surface area contributed by atoms with Crippen molar-refractivity contribution in [2.75, 3.05) is 6.61 Å². The number of carboxylic acid groups (broad SMARTS) is 1. The summed E-state index contributed by atoms with van der Waals surface area (Å²) in [6, 6.07) is 0. The smallest absolute Gasteiger partial charge is 0.306 e. The van der Waals surface area contributed by atoms with Gasteiger partial charge in [-0.3, -0.25) is 4.79 Å². The first-order valence-corrected chi connectivity index (χ1v) is 5.63. The Hall–Kier alpha value is -0.570. The summed E-state index contributed by atoms with van der Waals surface area (Å²) in [6.07, 6.45) is 6.54. The summed E-state index contributed by atoms with van der Waals surface area (Å²) in [5, 5.41) is 9.11. The molecule has 2 aliphatic rings. The van der Waals surface area contributed by atoms with E-state index >= 15 is 0 Å². The molecule has 3 unspecified atom stereocenters. The Bertz CT molecular complexity index is 209. The molecule has 1 saturated carbocycles. The summed E-state index contributed by atoms with van der Waals surface area (Å²) in [6.45, 7) is 0.827. The van der Waals surface area contributed by atoms with Crippen LogP contribution in [0, 0.1) is 11.8 Å². The Morgan fingerprint density at radius 1 is 1.14 bits per heavy atom. The fourth-order valence-corrected chi connectivity index (χ4v) is 2.85. The molecule has 2 fully saturated rings. The van der Waals surface area contributed by atoms with E-state index in [2.05, 4.69) is 0 Å². The zero-order valence-corrected chi connectivity index (χ0v) is 8.45. The molecule has 0 bridgehead atoms. The molecular formula is C11H18O3. The zero-order valence-electron chi connectivity index (χ0n) is 8.45. The van der Waals surface area contributed by atoms with E-state index in [4.69, 9.17) is 9.84 Å². The van der Waals surface area contributed by atoms with E-state index in [0.29, 0.717) is 0 Å². The summed E-state index contributed by atoms with van der Waals surface area (Å²) in [7, 11) is 0. The van der Waals surface area contributed by atoms with Crippen LogP contribution in [-0.4, -0.2) is 23.8 Å². The average molecular weight is 198 g/mol. The molecule has 1 heterocycles. The lowest BCUT2D eigenvalue weighted by atomic mass is 9.75. The van der Waals surface area contributed by atoms with Gasteiger partial charge in [-0.1, -0.05) is 12.8 Å². The molecule has 0 radical (unpaired) electrons. The lowest BCUT2D eigenvalue weighted by molar-refractivity contribution is -0.147. The predicted octanol–water partition coefficient (Wildman–Crippen LogP) is 2.06. The number of hydrogen-bond donors (Lipinski definition) is 1. The highest BCUT2D eigenvalue weighted by Crippen LogP contribution is 2.37. The molecule has 3 nitrogen and oxygen atoms in total. The molecule has 0 spiro atoms. The largest absolute Gasteiger partial charge is 0.481 e. The first-order chi connectivity index (χ1) is 6.79. The molecule has 0 amide bonds. The summed E-state index contributed by atoms with van der Waals surface area (Å²) < 4.78 is 5.61. The first kappa shape index (κ1) is 9.97. The number of carboxylic acids is 1. The number of hydrogen-bond acceptors (Lipinski definition) is 2. The molecule has 1 aliphatic heterocycles. The Kier molecular flexibility index (Phi) is 3.06. The van der Waals surface area contributed by atoms with Gasteiger partial charge in [0.05, 0.1) is 12.0 Å². The van der Waals surface area contributed by atoms with Crippen LogP contribution in [0.2, 0.25) is 0 Å². The third-order valence-corrected chi connectivity index (χ3v) is 3.58. The minimum absolute atomic E-state index is 0.146. The molecule has 3 heteroatoms. The lowest BCUT2D eigenvalue weighted by Gasteiger charge is -2.32. The van der Waals surface area contributed by atoms with Gasteiger partial charge in [0.2, 0.25) is 0 Å². The van der Waals surface area contributed by atoms with E-state index in [0.717, 1.165) is 38.7 Å². The second-order valence-electron chi connectivity index (χ2n) is 4.44. The van der Waals surface area contributed by atoms with E-state index in [1.807, 2.05) is 0 Å². The van der Waals surface area contributed by atoms with E-state index in [9.17, 15) is 4.79 Å². The first-order valence-electron chi connectivity index (χ1n) is 5.63. The normalized spacial score (nSPS) is 38.4. The van der Waals surface area contributed by atoms with Crippen LogP contribution in [0.1, 0.15) is 38.5 Å². The van der Waals surface area contributed by atoms with Gasteiger partial charge in [-0.15, -0.1) is 0 Å². The van der Waals surface area contributed by atoms with Crippen LogP contribution < -0.4 is 0 Å². The minimum atomic E-state index is -0.620. The van der Waals surface area contributed by atoms with Crippen LogP contribution in [0.3, 0.4) is 0 Å². The van der Waals surface area contributed by atoms with Crippen molar-refractivity contribution in [2.45, 2.75) is 44.6 Å². The third kappa shape index (κ3) is 1.92. The van der Waals surface area contributed by atoms with Crippen LogP contribution >= 0.6 is 0 Å². The number of carbonyl (C=O) groups is 1. The second kappa shape index (κ2) is 4.30. The predicted molar refractivity (Wildman–Crippen MR) is 52.1 cm³/mol. The van der Waals surface area contributed by atoms with Crippen LogP contribution in [0.5, 0.6) is 0 Å². The molecule has 80 valence electrons. The van der Waals surface area contributed by atoms with Crippen molar-refractivity contribution >= 4 is 5.97 Å². The Balaban J connectivity index is 2.01. The Morgan fingerprint density at radius 3 is 2.57 bits per heavy atom. The highest BCUT2D eigenvalue weighted by atomic mass is 16.5. The topological polar surface area (TPSA) is 46.5 Å². The van der Waals surface area contributed by atoms with Crippen molar-refractivity contribution < 1.29 is 14.6 Å². The highest BCUT2D eigenvalue weighted by Gasteiger charge is 2.37. The quantitative estimate of drug-likeness (QED) is 0.738. The van der Waals surface area contributed by atoms with Crippen molar-refractivity contribution in [3.8, 4) is 0 Å². The van der Waals surface area contributed by atoms with E-state index in [-0.39, 0.29) is 17.9 Å². The Labute approximate surface area is 84.4 Å². The van der Waals surface area contributed by atoms with Crippen LogP contribution in [-0.2, 0) is 9.53 Å². The highest BCUT2D eigenvalue weighted by molar-refractivity contribution is 5.70. The van der Waals surface area contributed by atoms with Gasteiger partial charge in [0.25, 0.3) is 0 Å². The van der Waals surface area contributed by atoms with Gasteiger partial charge in [-0.25, -0.2) is 0 Å². The monoisotopic (exact) mass is 198 g/mol. The fraction of sp³-hybridized carbons (Fsp3) is 0.909. The standard InChI is InChI=1S/C11H18O3/c12-11(13)9-5-2-1-4-8(9)10-6-3-7-14-10/h8-10H,1-7H2,(H,12,13). The fourth-order valence-electron chi connectivity index (χ4n) is 2.85. The molecule has 1 aliphatic carbocycles. The molecule has 1 saturated heterocycles. The SMILES string of the molecule is O=C(O)C1CCCCC1C1CCCO1. The van der Waals surface area contributed by atoms with Gasteiger partial charge in [0.15, 0.2) is 0 Å². The van der Waals surface area contributed by atoms with Gasteiger partial charge in [0, 0.05) is 6.61 Å². The minimum Gasteiger partial charge on any atom is -0.481 e. The van der Waals surface area contributed by atoms with Gasteiger partial charge in [0.1, 0.15) is 0 Å². The number of rotatable bonds is 2. The van der Waals surface area contributed by atoms with Crippen molar-refractivity contribution in [1.82, 2.24) is 0 Å². The lowest BCUT2D eigenvalue weighted by Crippen LogP contribution is -2.35. The molecule has 2 rings (SSSR count). The van der Waals surface area contributed by atoms with Crippen LogP contribution in [0.25, 0.3) is 0 Å². The van der Waals surface area contributed by atoms with E-state index in [1.165, 1.54) is 6.42 Å². The van der Waals surface area contributed by atoms with Gasteiger partial charge >= 0.3 is 5.97 Å². The maximum atomic E-state index is 11.1. The molecule has 0 aromatic heterocycles. The molecule has 14 heavy (non-hydrogen) atoms.